The lowest BCUT2D eigenvalue weighted by Gasteiger charge is -2.22. The highest BCUT2D eigenvalue weighted by Gasteiger charge is 2.12. The van der Waals surface area contributed by atoms with Crippen molar-refractivity contribution in [3.8, 4) is 0 Å². The summed E-state index contributed by atoms with van der Waals surface area (Å²) in [6.45, 7) is 0. The van der Waals surface area contributed by atoms with Crippen molar-refractivity contribution in [2.75, 3.05) is 13.3 Å². The number of hydrogen-bond donors (Lipinski definition) is 0. The molecule has 3 nitrogen and oxygen atoms in total. The Hall–Kier alpha value is 0.220. The van der Waals surface area contributed by atoms with Gasteiger partial charge in [0.25, 0.3) is 0 Å². The molecule has 1 aliphatic rings. The van der Waals surface area contributed by atoms with Crippen molar-refractivity contribution >= 4 is 34.4 Å². The average Bonchev–Trinajstić information content (AvgIpc) is 1.88. The van der Waals surface area contributed by atoms with Crippen LogP contribution in [-0.2, 0) is 0 Å². The molecule has 1 rings (SSSR count). The number of halogens is 1. The normalized spacial score (nSPS) is 24.9. The minimum Gasteiger partial charge on any atom is -0.347 e. The van der Waals surface area contributed by atoms with E-state index >= 15 is 0 Å². The van der Waals surface area contributed by atoms with Gasteiger partial charge in [0, 0.05) is 13.2 Å². The zero-order chi connectivity index (χ0) is 7.56. The molecule has 0 bridgehead atoms. The summed E-state index contributed by atoms with van der Waals surface area (Å²) in [6, 6.07) is 0. The van der Waals surface area contributed by atoms with Gasteiger partial charge in [0.1, 0.15) is 3.70 Å². The largest absolute Gasteiger partial charge is 0.347 e. The highest BCUT2D eigenvalue weighted by atomic mass is 127. The van der Waals surface area contributed by atoms with Gasteiger partial charge in [0.05, 0.1) is 0 Å². The van der Waals surface area contributed by atoms with E-state index < -0.39 is 0 Å². The van der Waals surface area contributed by atoms with Crippen molar-refractivity contribution in [2.45, 2.75) is 5.50 Å². The molecule has 0 saturated heterocycles. The molecule has 0 spiro atoms. The van der Waals surface area contributed by atoms with Crippen molar-refractivity contribution in [1.29, 1.82) is 0 Å². The average molecular weight is 269 g/mol. The molecule has 0 aromatic heterocycles. The lowest BCUT2D eigenvalue weighted by molar-refractivity contribution is 0.413. The fourth-order valence-corrected chi connectivity index (χ4v) is 1.76. The second kappa shape index (κ2) is 3.56. The van der Waals surface area contributed by atoms with Crippen molar-refractivity contribution in [3.05, 3.63) is 9.90 Å². The van der Waals surface area contributed by atoms with Gasteiger partial charge >= 0.3 is 0 Å². The quantitative estimate of drug-likeness (QED) is 0.539. The Labute approximate surface area is 78.1 Å². The van der Waals surface area contributed by atoms with E-state index in [1.807, 2.05) is 24.4 Å². The molecule has 56 valence electrons. The fourth-order valence-electron chi connectivity index (χ4n) is 0.657. The number of thioether (sulfide) groups is 1. The maximum absolute atomic E-state index is 4.05. The van der Waals surface area contributed by atoms with Crippen LogP contribution in [0.2, 0.25) is 0 Å². The summed E-state index contributed by atoms with van der Waals surface area (Å²) in [4.78, 5) is 2.04. The molecule has 5 heteroatoms. The number of rotatable bonds is 1. The first-order chi connectivity index (χ1) is 4.74. The van der Waals surface area contributed by atoms with Crippen LogP contribution in [-0.4, -0.2) is 23.7 Å². The summed E-state index contributed by atoms with van der Waals surface area (Å²) >= 11 is 3.82. The Morgan fingerprint density at radius 2 is 2.50 bits per heavy atom. The van der Waals surface area contributed by atoms with Gasteiger partial charge in [0.2, 0.25) is 0 Å². The Balaban J connectivity index is 2.64. The predicted molar refractivity (Wildman–Crippen MR) is 52.0 cm³/mol. The Bertz CT molecular complexity index is 180. The molecule has 0 aromatic rings. The van der Waals surface area contributed by atoms with Gasteiger partial charge < -0.3 is 4.90 Å². The van der Waals surface area contributed by atoms with Crippen molar-refractivity contribution in [2.24, 2.45) is 10.2 Å². The molecule has 0 amide bonds. The summed E-state index contributed by atoms with van der Waals surface area (Å²) in [5.41, 5.74) is 0.165. The van der Waals surface area contributed by atoms with Crippen LogP contribution < -0.4 is 0 Å². The van der Waals surface area contributed by atoms with Crippen molar-refractivity contribution in [1.82, 2.24) is 4.90 Å². The molecule has 0 aromatic carbocycles. The minimum atomic E-state index is 0.165. The minimum absolute atomic E-state index is 0.165. The maximum Gasteiger partial charge on any atom is 0.188 e. The molecule has 0 fully saturated rings. The second-order valence-corrected chi connectivity index (χ2v) is 3.89. The highest BCUT2D eigenvalue weighted by Crippen LogP contribution is 2.22. The van der Waals surface area contributed by atoms with Crippen molar-refractivity contribution < 1.29 is 0 Å². The molecule has 1 unspecified atom stereocenters. The van der Waals surface area contributed by atoms with Crippen molar-refractivity contribution in [3.63, 3.8) is 0 Å². The molecule has 0 radical (unpaired) electrons. The lowest BCUT2D eigenvalue weighted by Crippen LogP contribution is -2.23. The molecule has 1 atom stereocenters. The maximum atomic E-state index is 4.05. The first-order valence-corrected chi connectivity index (χ1v) is 5.13. The van der Waals surface area contributed by atoms with Crippen LogP contribution in [0.15, 0.2) is 20.1 Å². The summed E-state index contributed by atoms with van der Waals surface area (Å²) < 4.78 is 0.936. The van der Waals surface area contributed by atoms with Crippen LogP contribution in [0.1, 0.15) is 0 Å². The number of nitrogens with zero attached hydrogens (tertiary/aromatic N) is 3. The molecule has 1 aliphatic heterocycles. The van der Waals surface area contributed by atoms with E-state index in [2.05, 4.69) is 32.8 Å². The first-order valence-electron chi connectivity index (χ1n) is 2.77. The number of azo groups is 1. The predicted octanol–water partition coefficient (Wildman–Crippen LogP) is 2.26. The van der Waals surface area contributed by atoms with E-state index in [1.54, 1.807) is 11.8 Å². The number of hydrogen-bond acceptors (Lipinski definition) is 4. The molecule has 0 N–H and O–H groups in total. The van der Waals surface area contributed by atoms with Gasteiger partial charge in [-0.1, -0.05) is 0 Å². The monoisotopic (exact) mass is 269 g/mol. The Kier molecular flexibility index (Phi) is 2.96. The van der Waals surface area contributed by atoms with Gasteiger partial charge in [0.15, 0.2) is 5.50 Å². The SMILES string of the molecule is CSC1N=NC(I)=CN1C. The van der Waals surface area contributed by atoms with Gasteiger partial charge in [-0.25, -0.2) is 0 Å². The van der Waals surface area contributed by atoms with Crippen LogP contribution in [0.4, 0.5) is 0 Å². The van der Waals surface area contributed by atoms with Crippen LogP contribution in [0.5, 0.6) is 0 Å². The Morgan fingerprint density at radius 1 is 1.80 bits per heavy atom. The molecule has 0 aliphatic carbocycles. The van der Waals surface area contributed by atoms with Crippen LogP contribution in [0.3, 0.4) is 0 Å². The summed E-state index contributed by atoms with van der Waals surface area (Å²) in [5.74, 6) is 0. The summed E-state index contributed by atoms with van der Waals surface area (Å²) in [5, 5.41) is 7.99. The molecule has 10 heavy (non-hydrogen) atoms. The van der Waals surface area contributed by atoms with Gasteiger partial charge in [-0.05, 0) is 28.8 Å². The van der Waals surface area contributed by atoms with Crippen LogP contribution in [0, 0.1) is 0 Å². The molecular weight excluding hydrogens is 261 g/mol. The van der Waals surface area contributed by atoms with Gasteiger partial charge in [-0.2, -0.15) is 5.11 Å². The zero-order valence-corrected chi connectivity index (χ0v) is 8.76. The third-order valence-corrected chi connectivity index (χ3v) is 2.46. The Morgan fingerprint density at radius 3 is 3.00 bits per heavy atom. The van der Waals surface area contributed by atoms with Crippen LogP contribution in [0.25, 0.3) is 0 Å². The molecule has 1 heterocycles. The van der Waals surface area contributed by atoms with Gasteiger partial charge in [-0.3, -0.25) is 0 Å². The summed E-state index contributed by atoms with van der Waals surface area (Å²) in [6.07, 6.45) is 4.00. The summed E-state index contributed by atoms with van der Waals surface area (Å²) in [7, 11) is 2.00. The van der Waals surface area contributed by atoms with E-state index in [4.69, 9.17) is 0 Å². The zero-order valence-electron chi connectivity index (χ0n) is 5.78. The standard InChI is InChI=1S/C5H8IN3S/c1-9-3-4(6)7-8-5(9)10-2/h3,5H,1-2H3. The molecule has 0 saturated carbocycles. The van der Waals surface area contributed by atoms with E-state index in [0.29, 0.717) is 0 Å². The fraction of sp³-hybridized carbons (Fsp3) is 0.600. The smallest absolute Gasteiger partial charge is 0.188 e. The third-order valence-electron chi connectivity index (χ3n) is 1.12. The van der Waals surface area contributed by atoms with E-state index in [-0.39, 0.29) is 5.50 Å². The van der Waals surface area contributed by atoms with Crippen LogP contribution >= 0.6 is 34.4 Å². The van der Waals surface area contributed by atoms with E-state index in [0.717, 1.165) is 3.70 Å². The van der Waals surface area contributed by atoms with Gasteiger partial charge in [-0.15, -0.1) is 16.9 Å². The van der Waals surface area contributed by atoms with E-state index in [1.165, 1.54) is 0 Å². The highest BCUT2D eigenvalue weighted by molar-refractivity contribution is 14.1. The van der Waals surface area contributed by atoms with E-state index in [9.17, 15) is 0 Å². The second-order valence-electron chi connectivity index (χ2n) is 1.89. The first kappa shape index (κ1) is 8.32. The third kappa shape index (κ3) is 1.85. The lowest BCUT2D eigenvalue weighted by atomic mass is 10.7. The topological polar surface area (TPSA) is 28.0 Å². The molecular formula is C5H8IN3S.